The molecular formula is C13H18ClFN2O. The second-order valence-corrected chi connectivity index (χ2v) is 5.45. The smallest absolute Gasteiger partial charge is 0.254 e. The molecule has 3 nitrogen and oxygen atoms in total. The summed E-state index contributed by atoms with van der Waals surface area (Å²) < 4.78 is 13.5. The maximum atomic E-state index is 13.5. The average molecular weight is 273 g/mol. The van der Waals surface area contributed by atoms with Gasteiger partial charge in [-0.25, -0.2) is 4.39 Å². The number of rotatable bonds is 4. The van der Waals surface area contributed by atoms with Gasteiger partial charge in [-0.05, 0) is 46.1 Å². The topological polar surface area (TPSA) is 32.3 Å². The van der Waals surface area contributed by atoms with Crippen LogP contribution in [0.1, 0.15) is 24.2 Å². The van der Waals surface area contributed by atoms with Crippen molar-refractivity contribution in [1.29, 1.82) is 0 Å². The molecule has 1 amide bonds. The van der Waals surface area contributed by atoms with Crippen molar-refractivity contribution in [2.45, 2.75) is 19.4 Å². The van der Waals surface area contributed by atoms with Gasteiger partial charge >= 0.3 is 0 Å². The Kier molecular flexibility index (Phi) is 4.71. The Hall–Kier alpha value is -1.13. The summed E-state index contributed by atoms with van der Waals surface area (Å²) in [5, 5.41) is 3.05. The largest absolute Gasteiger partial charge is 0.350 e. The summed E-state index contributed by atoms with van der Waals surface area (Å²) in [6, 6.07) is 3.93. The first-order chi connectivity index (χ1) is 8.24. The Labute approximate surface area is 112 Å². The zero-order valence-electron chi connectivity index (χ0n) is 11.1. The van der Waals surface area contributed by atoms with E-state index in [0.717, 1.165) is 0 Å². The van der Waals surface area contributed by atoms with E-state index >= 15 is 0 Å². The zero-order valence-corrected chi connectivity index (χ0v) is 11.8. The van der Waals surface area contributed by atoms with Crippen LogP contribution in [-0.4, -0.2) is 37.0 Å². The molecule has 0 aliphatic rings. The van der Waals surface area contributed by atoms with E-state index in [1.807, 2.05) is 32.8 Å². The van der Waals surface area contributed by atoms with E-state index in [1.165, 1.54) is 18.2 Å². The van der Waals surface area contributed by atoms with Crippen LogP contribution < -0.4 is 5.32 Å². The van der Waals surface area contributed by atoms with E-state index in [9.17, 15) is 9.18 Å². The fourth-order valence-electron chi connectivity index (χ4n) is 1.22. The average Bonchev–Trinajstić information content (AvgIpc) is 2.29. The Morgan fingerprint density at radius 3 is 2.61 bits per heavy atom. The predicted octanol–water partition coefficient (Wildman–Crippen LogP) is 2.55. The highest BCUT2D eigenvalue weighted by Crippen LogP contribution is 2.15. The maximum Gasteiger partial charge on any atom is 0.254 e. The van der Waals surface area contributed by atoms with Gasteiger partial charge in [0.25, 0.3) is 5.91 Å². The van der Waals surface area contributed by atoms with Gasteiger partial charge in [0.2, 0.25) is 0 Å². The van der Waals surface area contributed by atoms with Gasteiger partial charge in [0.15, 0.2) is 0 Å². The van der Waals surface area contributed by atoms with E-state index in [-0.39, 0.29) is 11.1 Å². The molecule has 5 heteroatoms. The minimum absolute atomic E-state index is 0.0305. The summed E-state index contributed by atoms with van der Waals surface area (Å²) in [5.74, 6) is -1.02. The fraction of sp³-hybridized carbons (Fsp3) is 0.462. The summed E-state index contributed by atoms with van der Waals surface area (Å²) in [6.07, 6.45) is 0. The molecule has 0 saturated carbocycles. The Morgan fingerprint density at radius 2 is 2.06 bits per heavy atom. The number of carbonyl (C=O) groups is 1. The van der Waals surface area contributed by atoms with Crippen molar-refractivity contribution >= 4 is 17.5 Å². The third-order valence-electron chi connectivity index (χ3n) is 3.07. The summed E-state index contributed by atoms with van der Waals surface area (Å²) in [4.78, 5) is 13.8. The molecule has 0 atom stereocenters. The Morgan fingerprint density at radius 1 is 1.44 bits per heavy atom. The number of benzene rings is 1. The summed E-state index contributed by atoms with van der Waals surface area (Å²) in [5.41, 5.74) is -0.234. The van der Waals surface area contributed by atoms with Gasteiger partial charge in [0, 0.05) is 17.1 Å². The lowest BCUT2D eigenvalue weighted by molar-refractivity contribution is 0.0915. The Bertz CT molecular complexity index is 447. The van der Waals surface area contributed by atoms with Gasteiger partial charge in [-0.3, -0.25) is 4.79 Å². The molecule has 1 rings (SSSR count). The van der Waals surface area contributed by atoms with E-state index in [1.54, 1.807) is 0 Å². The number of nitrogens with one attached hydrogen (secondary N) is 1. The van der Waals surface area contributed by atoms with Gasteiger partial charge in [-0.15, -0.1) is 0 Å². The lowest BCUT2D eigenvalue weighted by Gasteiger charge is -2.32. The van der Waals surface area contributed by atoms with Crippen molar-refractivity contribution in [2.75, 3.05) is 20.6 Å². The number of amides is 1. The minimum Gasteiger partial charge on any atom is -0.350 e. The number of hydrogen-bond acceptors (Lipinski definition) is 2. The molecule has 0 spiro atoms. The molecule has 0 fully saturated rings. The molecule has 100 valence electrons. The van der Waals surface area contributed by atoms with Crippen LogP contribution in [0.5, 0.6) is 0 Å². The van der Waals surface area contributed by atoms with Gasteiger partial charge in [0.1, 0.15) is 5.82 Å². The lowest BCUT2D eigenvalue weighted by Crippen LogP contribution is -2.48. The van der Waals surface area contributed by atoms with Crippen molar-refractivity contribution < 1.29 is 9.18 Å². The second kappa shape index (κ2) is 5.67. The van der Waals surface area contributed by atoms with Crippen LogP contribution in [-0.2, 0) is 0 Å². The predicted molar refractivity (Wildman–Crippen MR) is 71.5 cm³/mol. The zero-order chi connectivity index (χ0) is 13.9. The number of hydrogen-bond donors (Lipinski definition) is 1. The molecule has 1 aromatic rings. The standard InChI is InChI=1S/C13H18ClFN2O/c1-13(2,17(3)4)8-16-12(18)10-7-9(14)5-6-11(10)15/h5-7H,8H2,1-4H3,(H,16,18). The van der Waals surface area contributed by atoms with E-state index in [4.69, 9.17) is 11.6 Å². The molecule has 0 radical (unpaired) electrons. The van der Waals surface area contributed by atoms with E-state index < -0.39 is 11.7 Å². The van der Waals surface area contributed by atoms with Crippen molar-refractivity contribution in [3.63, 3.8) is 0 Å². The molecule has 0 heterocycles. The lowest BCUT2D eigenvalue weighted by atomic mass is 10.0. The Balaban J connectivity index is 2.75. The van der Waals surface area contributed by atoms with Crippen LogP contribution in [0.3, 0.4) is 0 Å². The molecule has 0 aliphatic carbocycles. The third-order valence-corrected chi connectivity index (χ3v) is 3.30. The van der Waals surface area contributed by atoms with Gasteiger partial charge in [0.05, 0.1) is 5.56 Å². The minimum atomic E-state index is -0.570. The van der Waals surface area contributed by atoms with Gasteiger partial charge in [-0.1, -0.05) is 11.6 Å². The van der Waals surface area contributed by atoms with Crippen LogP contribution in [0.4, 0.5) is 4.39 Å². The fourth-order valence-corrected chi connectivity index (χ4v) is 1.39. The first kappa shape index (κ1) is 14.9. The van der Waals surface area contributed by atoms with Gasteiger partial charge in [-0.2, -0.15) is 0 Å². The highest BCUT2D eigenvalue weighted by Gasteiger charge is 2.22. The van der Waals surface area contributed by atoms with Crippen LogP contribution in [0.25, 0.3) is 0 Å². The molecule has 18 heavy (non-hydrogen) atoms. The van der Waals surface area contributed by atoms with Crippen molar-refractivity contribution in [2.24, 2.45) is 0 Å². The maximum absolute atomic E-state index is 13.5. The third kappa shape index (κ3) is 3.68. The van der Waals surface area contributed by atoms with Crippen LogP contribution >= 0.6 is 11.6 Å². The number of likely N-dealkylation sites (N-methyl/N-ethyl adjacent to an activating group) is 1. The molecule has 0 aliphatic heterocycles. The molecule has 1 N–H and O–H groups in total. The van der Waals surface area contributed by atoms with Crippen molar-refractivity contribution in [3.8, 4) is 0 Å². The van der Waals surface area contributed by atoms with E-state index in [2.05, 4.69) is 5.32 Å². The van der Waals surface area contributed by atoms with Crippen molar-refractivity contribution in [1.82, 2.24) is 10.2 Å². The van der Waals surface area contributed by atoms with Crippen LogP contribution in [0.2, 0.25) is 5.02 Å². The van der Waals surface area contributed by atoms with E-state index in [0.29, 0.717) is 11.6 Å². The molecular weight excluding hydrogens is 255 g/mol. The number of halogens is 2. The molecule has 1 aromatic carbocycles. The first-order valence-electron chi connectivity index (χ1n) is 5.65. The van der Waals surface area contributed by atoms with Crippen molar-refractivity contribution in [3.05, 3.63) is 34.6 Å². The SMILES string of the molecule is CN(C)C(C)(C)CNC(=O)c1cc(Cl)ccc1F. The normalized spacial score (nSPS) is 11.7. The van der Waals surface area contributed by atoms with Crippen LogP contribution in [0, 0.1) is 5.82 Å². The number of nitrogens with zero attached hydrogens (tertiary/aromatic N) is 1. The highest BCUT2D eigenvalue weighted by atomic mass is 35.5. The molecule has 0 saturated heterocycles. The molecule has 0 aromatic heterocycles. The number of carbonyl (C=O) groups excluding carboxylic acids is 1. The van der Waals surface area contributed by atoms with Gasteiger partial charge < -0.3 is 10.2 Å². The molecule has 0 unspecified atom stereocenters. The quantitative estimate of drug-likeness (QED) is 0.914. The first-order valence-corrected chi connectivity index (χ1v) is 6.02. The highest BCUT2D eigenvalue weighted by molar-refractivity contribution is 6.30. The summed E-state index contributed by atoms with van der Waals surface area (Å²) >= 11 is 5.75. The summed E-state index contributed by atoms with van der Waals surface area (Å²) in [6.45, 7) is 4.40. The molecule has 0 bridgehead atoms. The van der Waals surface area contributed by atoms with Crippen LogP contribution in [0.15, 0.2) is 18.2 Å². The second-order valence-electron chi connectivity index (χ2n) is 5.01. The monoisotopic (exact) mass is 272 g/mol. The summed E-state index contributed by atoms with van der Waals surface area (Å²) in [7, 11) is 3.85.